The van der Waals surface area contributed by atoms with E-state index in [0.29, 0.717) is 17.7 Å². The lowest BCUT2D eigenvalue weighted by Crippen LogP contribution is -2.13. The van der Waals surface area contributed by atoms with Crippen LogP contribution >= 0.6 is 0 Å². The molecule has 2 rings (SSSR count). The van der Waals surface area contributed by atoms with Gasteiger partial charge in [0.25, 0.3) is 5.91 Å². The third kappa shape index (κ3) is 5.25. The minimum absolute atomic E-state index is 0.0170. The molecule has 2 aromatic rings. The van der Waals surface area contributed by atoms with Gasteiger partial charge in [0.2, 0.25) is 5.91 Å². The predicted octanol–water partition coefficient (Wildman–Crippen LogP) is 4.38. The fraction of sp³-hybridized carbons (Fsp3) is 0.263. The minimum Gasteiger partial charge on any atom is -0.326 e. The monoisotopic (exact) mass is 310 g/mol. The SMILES string of the molecule is CCCCC(=O)Nc1ccc(NC(=O)c2cccc(C)c2)cc1. The molecule has 0 aliphatic rings. The minimum atomic E-state index is -0.145. The van der Waals surface area contributed by atoms with Crippen molar-refractivity contribution in [3.63, 3.8) is 0 Å². The van der Waals surface area contributed by atoms with E-state index >= 15 is 0 Å². The number of carbonyl (C=O) groups is 2. The first-order valence-corrected chi connectivity index (χ1v) is 7.86. The third-order valence-corrected chi connectivity index (χ3v) is 3.46. The molecule has 2 aromatic carbocycles. The molecule has 0 aromatic heterocycles. The van der Waals surface area contributed by atoms with Gasteiger partial charge in [-0.25, -0.2) is 0 Å². The molecular weight excluding hydrogens is 288 g/mol. The summed E-state index contributed by atoms with van der Waals surface area (Å²) in [6, 6.07) is 14.6. The maximum absolute atomic E-state index is 12.2. The van der Waals surface area contributed by atoms with E-state index in [9.17, 15) is 9.59 Å². The number of aryl methyl sites for hydroxylation is 1. The molecule has 0 aliphatic carbocycles. The molecule has 0 fully saturated rings. The molecule has 0 aliphatic heterocycles. The Morgan fingerprint density at radius 1 is 0.957 bits per heavy atom. The first-order chi connectivity index (χ1) is 11.1. The van der Waals surface area contributed by atoms with Crippen molar-refractivity contribution in [1.82, 2.24) is 0 Å². The second kappa shape index (κ2) is 8.13. The van der Waals surface area contributed by atoms with E-state index in [-0.39, 0.29) is 11.8 Å². The van der Waals surface area contributed by atoms with Crippen LogP contribution in [0.25, 0.3) is 0 Å². The topological polar surface area (TPSA) is 58.2 Å². The number of amides is 2. The third-order valence-electron chi connectivity index (χ3n) is 3.46. The summed E-state index contributed by atoms with van der Waals surface area (Å²) in [7, 11) is 0. The second-order valence-electron chi connectivity index (χ2n) is 5.55. The molecule has 120 valence electrons. The van der Waals surface area contributed by atoms with Crippen molar-refractivity contribution in [2.45, 2.75) is 33.1 Å². The molecule has 0 saturated heterocycles. The van der Waals surface area contributed by atoms with Crippen molar-refractivity contribution >= 4 is 23.2 Å². The van der Waals surface area contributed by atoms with Crippen molar-refractivity contribution in [1.29, 1.82) is 0 Å². The van der Waals surface area contributed by atoms with E-state index in [1.54, 1.807) is 30.3 Å². The Hall–Kier alpha value is -2.62. The Morgan fingerprint density at radius 3 is 2.22 bits per heavy atom. The first-order valence-electron chi connectivity index (χ1n) is 7.86. The summed E-state index contributed by atoms with van der Waals surface area (Å²) in [5.74, 6) is -0.128. The van der Waals surface area contributed by atoms with Gasteiger partial charge < -0.3 is 10.6 Å². The zero-order valence-electron chi connectivity index (χ0n) is 13.6. The summed E-state index contributed by atoms with van der Waals surface area (Å²) < 4.78 is 0. The number of carbonyl (C=O) groups excluding carboxylic acids is 2. The predicted molar refractivity (Wildman–Crippen MR) is 93.7 cm³/mol. The highest BCUT2D eigenvalue weighted by Gasteiger charge is 2.06. The Morgan fingerprint density at radius 2 is 1.61 bits per heavy atom. The molecule has 0 heterocycles. The highest BCUT2D eigenvalue weighted by atomic mass is 16.2. The van der Waals surface area contributed by atoms with Gasteiger partial charge in [-0.05, 0) is 49.7 Å². The molecule has 0 radical (unpaired) electrons. The van der Waals surface area contributed by atoms with Gasteiger partial charge in [-0.15, -0.1) is 0 Å². The lowest BCUT2D eigenvalue weighted by Gasteiger charge is -2.08. The fourth-order valence-electron chi connectivity index (χ4n) is 2.19. The van der Waals surface area contributed by atoms with Gasteiger partial charge >= 0.3 is 0 Å². The summed E-state index contributed by atoms with van der Waals surface area (Å²) in [6.07, 6.45) is 2.41. The fourth-order valence-corrected chi connectivity index (χ4v) is 2.19. The second-order valence-corrected chi connectivity index (χ2v) is 5.55. The molecule has 0 atom stereocenters. The summed E-state index contributed by atoms with van der Waals surface area (Å²) in [4.78, 5) is 23.8. The normalized spacial score (nSPS) is 10.2. The van der Waals surface area contributed by atoms with Crippen molar-refractivity contribution in [2.24, 2.45) is 0 Å². The van der Waals surface area contributed by atoms with E-state index in [2.05, 4.69) is 17.6 Å². The molecule has 0 spiro atoms. The van der Waals surface area contributed by atoms with Gasteiger partial charge in [0.05, 0.1) is 0 Å². The average Bonchev–Trinajstić information content (AvgIpc) is 2.54. The van der Waals surface area contributed by atoms with Crippen LogP contribution in [0.1, 0.15) is 42.1 Å². The number of rotatable bonds is 6. The van der Waals surface area contributed by atoms with Crippen LogP contribution in [0.4, 0.5) is 11.4 Å². The highest BCUT2D eigenvalue weighted by Crippen LogP contribution is 2.15. The van der Waals surface area contributed by atoms with Crippen LogP contribution in [-0.4, -0.2) is 11.8 Å². The Balaban J connectivity index is 1.94. The quantitative estimate of drug-likeness (QED) is 0.832. The number of hydrogen-bond acceptors (Lipinski definition) is 2. The van der Waals surface area contributed by atoms with Crippen molar-refractivity contribution in [3.05, 3.63) is 59.7 Å². The van der Waals surface area contributed by atoms with Crippen LogP contribution in [0.3, 0.4) is 0 Å². The highest BCUT2D eigenvalue weighted by molar-refractivity contribution is 6.04. The first kappa shape index (κ1) is 16.7. The van der Waals surface area contributed by atoms with Crippen LogP contribution in [-0.2, 0) is 4.79 Å². The van der Waals surface area contributed by atoms with Crippen LogP contribution in [0.2, 0.25) is 0 Å². The Labute approximate surface area is 136 Å². The number of unbranched alkanes of at least 4 members (excludes halogenated alkanes) is 1. The largest absolute Gasteiger partial charge is 0.326 e. The summed E-state index contributed by atoms with van der Waals surface area (Å²) >= 11 is 0. The molecule has 0 unspecified atom stereocenters. The van der Waals surface area contributed by atoms with E-state index in [0.717, 1.165) is 24.1 Å². The molecule has 4 heteroatoms. The van der Waals surface area contributed by atoms with E-state index < -0.39 is 0 Å². The lowest BCUT2D eigenvalue weighted by molar-refractivity contribution is -0.116. The zero-order chi connectivity index (χ0) is 16.7. The van der Waals surface area contributed by atoms with Crippen LogP contribution < -0.4 is 10.6 Å². The molecule has 0 bridgehead atoms. The van der Waals surface area contributed by atoms with E-state index in [4.69, 9.17) is 0 Å². The number of hydrogen-bond donors (Lipinski definition) is 2. The Bertz CT molecular complexity index is 678. The standard InChI is InChI=1S/C19H22N2O2/c1-3-4-8-18(22)20-16-9-11-17(12-10-16)21-19(23)15-7-5-6-14(2)13-15/h5-7,9-13H,3-4,8H2,1-2H3,(H,20,22)(H,21,23). The van der Waals surface area contributed by atoms with Crippen molar-refractivity contribution in [2.75, 3.05) is 10.6 Å². The number of benzene rings is 2. The van der Waals surface area contributed by atoms with Gasteiger partial charge in [0.15, 0.2) is 0 Å². The van der Waals surface area contributed by atoms with Crippen molar-refractivity contribution < 1.29 is 9.59 Å². The number of nitrogens with one attached hydrogen (secondary N) is 2. The van der Waals surface area contributed by atoms with Crippen LogP contribution in [0.15, 0.2) is 48.5 Å². The summed E-state index contributed by atoms with van der Waals surface area (Å²) in [5.41, 5.74) is 3.10. The van der Waals surface area contributed by atoms with Gasteiger partial charge in [-0.1, -0.05) is 31.0 Å². The molecule has 0 saturated carbocycles. The van der Waals surface area contributed by atoms with Crippen LogP contribution in [0.5, 0.6) is 0 Å². The van der Waals surface area contributed by atoms with Crippen LogP contribution in [0, 0.1) is 6.92 Å². The van der Waals surface area contributed by atoms with Crippen molar-refractivity contribution in [3.8, 4) is 0 Å². The smallest absolute Gasteiger partial charge is 0.255 e. The van der Waals surface area contributed by atoms with E-state index in [1.165, 1.54) is 0 Å². The van der Waals surface area contributed by atoms with Gasteiger partial charge in [-0.3, -0.25) is 9.59 Å². The maximum Gasteiger partial charge on any atom is 0.255 e. The van der Waals surface area contributed by atoms with E-state index in [1.807, 2.05) is 25.1 Å². The van der Waals surface area contributed by atoms with Gasteiger partial charge in [-0.2, -0.15) is 0 Å². The van der Waals surface area contributed by atoms with Gasteiger partial charge in [0.1, 0.15) is 0 Å². The maximum atomic E-state index is 12.2. The molecule has 2 amide bonds. The van der Waals surface area contributed by atoms with Gasteiger partial charge in [0, 0.05) is 23.4 Å². The summed E-state index contributed by atoms with van der Waals surface area (Å²) in [6.45, 7) is 4.01. The number of anilines is 2. The summed E-state index contributed by atoms with van der Waals surface area (Å²) in [5, 5.41) is 5.69. The Kier molecular flexibility index (Phi) is 5.92. The average molecular weight is 310 g/mol. The zero-order valence-corrected chi connectivity index (χ0v) is 13.6. The molecular formula is C19H22N2O2. The molecule has 4 nitrogen and oxygen atoms in total. The molecule has 2 N–H and O–H groups in total. The molecule has 23 heavy (non-hydrogen) atoms. The lowest BCUT2D eigenvalue weighted by atomic mass is 10.1.